The van der Waals surface area contributed by atoms with E-state index in [-0.39, 0.29) is 0 Å². The number of hydrogen-bond donors (Lipinski definition) is 0. The van der Waals surface area contributed by atoms with Crippen LogP contribution in [0.3, 0.4) is 0 Å². The van der Waals surface area contributed by atoms with Gasteiger partial charge in [-0.1, -0.05) is 0 Å². The molecule has 8 aliphatic carbocycles. The second kappa shape index (κ2) is 5.26. The molecule has 0 aliphatic heterocycles. The summed E-state index contributed by atoms with van der Waals surface area (Å²) in [4.78, 5) is 15.6. The van der Waals surface area contributed by atoms with Gasteiger partial charge in [-0.3, -0.25) is 0 Å². The van der Waals surface area contributed by atoms with Crippen LogP contribution in [0.4, 0.5) is 4.79 Å². The Hall–Kier alpha value is -0.0105. The summed E-state index contributed by atoms with van der Waals surface area (Å²) in [5.41, 5.74) is 0. The summed E-state index contributed by atoms with van der Waals surface area (Å²) in [5.74, 6) is 7.32. The molecule has 24 heavy (non-hydrogen) atoms. The summed E-state index contributed by atoms with van der Waals surface area (Å²) in [6.07, 6.45) is 14.4. The normalized spacial score (nSPS) is 56.7. The van der Waals surface area contributed by atoms with Crippen molar-refractivity contribution in [3.8, 4) is 0 Å². The van der Waals surface area contributed by atoms with Gasteiger partial charge in [-0.2, -0.15) is 0 Å². The molecule has 1 amide bonds. The molecule has 0 unspecified atom stereocenters. The second-order valence-electron chi connectivity index (χ2n) is 10.5. The van der Waals surface area contributed by atoms with Gasteiger partial charge in [0.25, 0.3) is 0 Å². The van der Waals surface area contributed by atoms with E-state index in [4.69, 9.17) is 0 Å². The van der Waals surface area contributed by atoms with Crippen molar-refractivity contribution in [3.63, 3.8) is 0 Å². The number of carbonyl (C=O) groups excluding carboxylic acids is 1. The van der Waals surface area contributed by atoms with Crippen LogP contribution in [0.15, 0.2) is 0 Å². The third-order valence-electron chi connectivity index (χ3n) is 9.21. The Morgan fingerprint density at radius 3 is 1.12 bits per heavy atom. The molecule has 0 aromatic carbocycles. The molecule has 8 saturated carbocycles. The summed E-state index contributed by atoms with van der Waals surface area (Å²) in [5, 5.41) is 0. The first kappa shape index (κ1) is 15.1. The topological polar surface area (TPSA) is 20.3 Å². The van der Waals surface area contributed by atoms with Gasteiger partial charge in [0.2, 0.25) is 0 Å². The molecule has 1 radical (unpaired) electrons. The number of carbonyl (C=O) groups is 1. The Labute approximate surface area is 154 Å². The monoisotopic (exact) mass is 392 g/mol. The van der Waals surface area contributed by atoms with Crippen LogP contribution < -0.4 is 0 Å². The first-order valence-corrected chi connectivity index (χ1v) is 11.5. The van der Waals surface area contributed by atoms with Gasteiger partial charge in [0.05, 0.1) is 0 Å². The van der Waals surface area contributed by atoms with E-state index in [1.54, 1.807) is 0 Å². The molecule has 0 heterocycles. The number of hydrogen-bond acceptors (Lipinski definition) is 1. The van der Waals surface area contributed by atoms with Crippen LogP contribution in [0.5, 0.6) is 0 Å². The molecule has 8 bridgehead atoms. The van der Waals surface area contributed by atoms with Crippen LogP contribution in [0, 0.1) is 47.3 Å². The third-order valence-corrected chi connectivity index (χ3v) is 9.65. The van der Waals surface area contributed by atoms with Crippen molar-refractivity contribution in [2.75, 3.05) is 0 Å². The first-order valence-electron chi connectivity index (χ1n) is 10.6. The zero-order valence-corrected chi connectivity index (χ0v) is 16.3. The zero-order chi connectivity index (χ0) is 16.0. The summed E-state index contributed by atoms with van der Waals surface area (Å²) >= 11 is 2.95. The molecule has 0 saturated heterocycles. The van der Waals surface area contributed by atoms with E-state index >= 15 is 0 Å². The molecule has 2 nitrogen and oxygen atoms in total. The number of nitrogens with zero attached hydrogens (tertiary/aromatic N) is 1. The van der Waals surface area contributed by atoms with Crippen molar-refractivity contribution >= 4 is 20.8 Å². The molecular weight excluding hydrogens is 361 g/mol. The van der Waals surface area contributed by atoms with Crippen molar-refractivity contribution in [2.24, 2.45) is 47.3 Å². The number of rotatable bonds is 2. The Bertz CT molecular complexity index is 462. The van der Waals surface area contributed by atoms with E-state index in [0.29, 0.717) is 16.9 Å². The van der Waals surface area contributed by atoms with Gasteiger partial charge in [0, 0.05) is 0 Å². The predicted octanol–water partition coefficient (Wildman–Crippen LogP) is 4.23. The average molecular weight is 391 g/mol. The van der Waals surface area contributed by atoms with Crippen molar-refractivity contribution in [1.82, 2.24) is 4.90 Å². The molecule has 0 atom stereocenters. The van der Waals surface area contributed by atoms with Crippen molar-refractivity contribution < 1.29 is 4.79 Å². The van der Waals surface area contributed by atoms with Crippen LogP contribution in [-0.2, 0) is 0 Å². The molecular formula is C21H30NOSe. The van der Waals surface area contributed by atoms with Gasteiger partial charge in [0.1, 0.15) is 0 Å². The van der Waals surface area contributed by atoms with E-state index < -0.39 is 0 Å². The summed E-state index contributed by atoms with van der Waals surface area (Å²) in [7, 11) is 0. The molecule has 0 aromatic rings. The Kier molecular flexibility index (Phi) is 3.30. The van der Waals surface area contributed by atoms with Gasteiger partial charge in [-0.05, 0) is 0 Å². The van der Waals surface area contributed by atoms with Gasteiger partial charge in [0.15, 0.2) is 0 Å². The molecule has 131 valence electrons. The standard InChI is InChI=1S/C21H30NOSe/c23-21(24)22(19-15-3-11-1-12(5-15)6-16(19)4-11)20-17-7-13-2-14(9-17)10-18(20)8-13/h11-20H,1-10H2. The molecule has 8 fully saturated rings. The minimum absolute atomic E-state index is 0.296. The molecule has 3 heteroatoms. The quantitative estimate of drug-likeness (QED) is 0.646. The van der Waals surface area contributed by atoms with E-state index in [1.807, 2.05) is 0 Å². The summed E-state index contributed by atoms with van der Waals surface area (Å²) < 4.78 is 0. The SMILES string of the molecule is O=C([Se])N(C1C2CC3CC(C2)CC1C3)C1C2CC3CC(C2)CC1C3. The Morgan fingerprint density at radius 1 is 0.583 bits per heavy atom. The minimum atomic E-state index is 0.296. The molecule has 0 aromatic heterocycles. The second-order valence-corrected chi connectivity index (χ2v) is 11.2. The molecule has 8 aliphatic rings. The van der Waals surface area contributed by atoms with Crippen molar-refractivity contribution in [2.45, 2.75) is 76.3 Å². The van der Waals surface area contributed by atoms with Gasteiger partial charge in [-0.25, -0.2) is 0 Å². The molecule has 8 rings (SSSR count). The molecule has 0 spiro atoms. The number of amides is 1. The maximum absolute atomic E-state index is 12.9. The van der Waals surface area contributed by atoms with Crippen LogP contribution in [0.1, 0.15) is 64.2 Å². The van der Waals surface area contributed by atoms with E-state index in [9.17, 15) is 4.79 Å². The van der Waals surface area contributed by atoms with Crippen LogP contribution in [0.2, 0.25) is 0 Å². The van der Waals surface area contributed by atoms with Gasteiger partial charge >= 0.3 is 154 Å². The zero-order valence-electron chi connectivity index (χ0n) is 14.6. The summed E-state index contributed by atoms with van der Waals surface area (Å²) in [6, 6.07) is 1.18. The van der Waals surface area contributed by atoms with E-state index in [2.05, 4.69) is 20.9 Å². The molecule has 0 N–H and O–H groups in total. The Balaban J connectivity index is 1.34. The predicted molar refractivity (Wildman–Crippen MR) is 94.7 cm³/mol. The maximum atomic E-state index is 12.9. The summed E-state index contributed by atoms with van der Waals surface area (Å²) in [6.45, 7) is 0. The average Bonchev–Trinajstić information content (AvgIpc) is 2.50. The fourth-order valence-electron chi connectivity index (χ4n) is 9.14. The van der Waals surface area contributed by atoms with Crippen LogP contribution in [0.25, 0.3) is 0 Å². The Morgan fingerprint density at radius 2 is 0.875 bits per heavy atom. The van der Waals surface area contributed by atoms with Crippen LogP contribution in [-0.4, -0.2) is 37.8 Å². The van der Waals surface area contributed by atoms with Gasteiger partial charge in [-0.15, -0.1) is 0 Å². The fraction of sp³-hybridized carbons (Fsp3) is 0.952. The first-order chi connectivity index (χ1) is 11.7. The van der Waals surface area contributed by atoms with Crippen molar-refractivity contribution in [1.29, 1.82) is 0 Å². The van der Waals surface area contributed by atoms with E-state index in [0.717, 1.165) is 47.3 Å². The third kappa shape index (κ3) is 2.10. The van der Waals surface area contributed by atoms with Crippen LogP contribution >= 0.6 is 0 Å². The van der Waals surface area contributed by atoms with Gasteiger partial charge < -0.3 is 0 Å². The fourth-order valence-corrected chi connectivity index (χ4v) is 9.65. The van der Waals surface area contributed by atoms with Crippen molar-refractivity contribution in [3.05, 3.63) is 0 Å². The van der Waals surface area contributed by atoms with E-state index in [1.165, 1.54) is 64.2 Å².